The van der Waals surface area contributed by atoms with Gasteiger partial charge < -0.3 is 14.5 Å². The molecule has 0 spiro atoms. The number of H-pyrrole nitrogens is 1. The van der Waals surface area contributed by atoms with Crippen molar-refractivity contribution < 1.29 is 28.2 Å². The lowest BCUT2D eigenvalue weighted by atomic mass is 10.0. The predicted octanol–water partition coefficient (Wildman–Crippen LogP) is 3.95. The molecule has 0 amide bonds. The molecule has 0 aliphatic heterocycles. The van der Waals surface area contributed by atoms with Crippen LogP contribution in [0.2, 0.25) is 0 Å². The first-order valence-electron chi connectivity index (χ1n) is 8.84. The Hall–Kier alpha value is -2.96. The molecule has 1 heterocycles. The Labute approximate surface area is 163 Å². The molecule has 0 bridgehead atoms. The second-order valence-electron chi connectivity index (χ2n) is 7.16. The smallest absolute Gasteiger partial charge is 0.350 e. The largest absolute Gasteiger partial charge is 0.476 e. The van der Waals surface area contributed by atoms with E-state index in [9.17, 15) is 18.8 Å². The van der Waals surface area contributed by atoms with Crippen LogP contribution in [0.4, 0.5) is 4.39 Å². The quantitative estimate of drug-likeness (QED) is 0.573. The first-order valence-corrected chi connectivity index (χ1v) is 8.84. The molecule has 1 atom stereocenters. The zero-order valence-corrected chi connectivity index (χ0v) is 16.8. The molecule has 28 heavy (non-hydrogen) atoms. The molecular weight excluding hydrogens is 365 g/mol. The number of carbonyl (C=O) groups excluding carboxylic acids is 3. The molecule has 1 aromatic carbocycles. The molecule has 150 valence electrons. The normalized spacial score (nSPS) is 12.4. The molecule has 7 heteroatoms. The van der Waals surface area contributed by atoms with Gasteiger partial charge in [0.05, 0.1) is 5.69 Å². The van der Waals surface area contributed by atoms with Crippen molar-refractivity contribution in [3.05, 3.63) is 52.6 Å². The number of nitrogens with one attached hydrogen (secondary N) is 1. The van der Waals surface area contributed by atoms with Gasteiger partial charge in [-0.3, -0.25) is 9.59 Å². The first kappa shape index (κ1) is 21.3. The van der Waals surface area contributed by atoms with Gasteiger partial charge in [0.1, 0.15) is 11.6 Å². The molecule has 0 aliphatic carbocycles. The van der Waals surface area contributed by atoms with E-state index in [2.05, 4.69) is 4.98 Å². The van der Waals surface area contributed by atoms with Gasteiger partial charge >= 0.3 is 5.97 Å². The van der Waals surface area contributed by atoms with Gasteiger partial charge in [-0.25, -0.2) is 9.18 Å². The van der Waals surface area contributed by atoms with Gasteiger partial charge in [-0.2, -0.15) is 0 Å². The van der Waals surface area contributed by atoms with Crippen molar-refractivity contribution in [2.45, 2.75) is 53.2 Å². The molecule has 2 rings (SSSR count). The van der Waals surface area contributed by atoms with Gasteiger partial charge in [0.2, 0.25) is 5.78 Å². The number of hydrogen-bond acceptors (Lipinski definition) is 5. The van der Waals surface area contributed by atoms with Crippen LogP contribution in [0, 0.1) is 19.7 Å². The van der Waals surface area contributed by atoms with Crippen LogP contribution >= 0.6 is 0 Å². The Morgan fingerprint density at radius 3 is 2.18 bits per heavy atom. The zero-order valence-electron chi connectivity index (χ0n) is 16.8. The van der Waals surface area contributed by atoms with Crippen molar-refractivity contribution in [3.8, 4) is 5.75 Å². The average Bonchev–Trinajstić information content (AvgIpc) is 2.90. The summed E-state index contributed by atoms with van der Waals surface area (Å²) in [7, 11) is 0. The number of Topliss-reactive ketones (excluding diaryl/α,β-unsaturated/α-hetero) is 2. The molecule has 0 fully saturated rings. The van der Waals surface area contributed by atoms with Gasteiger partial charge in [0, 0.05) is 11.3 Å². The summed E-state index contributed by atoms with van der Waals surface area (Å²) >= 11 is 0. The molecule has 0 unspecified atom stereocenters. The summed E-state index contributed by atoms with van der Waals surface area (Å²) in [6, 6.07) is 5.22. The second-order valence-corrected chi connectivity index (χ2v) is 7.16. The Morgan fingerprint density at radius 2 is 1.68 bits per heavy atom. The number of aromatic amines is 1. The van der Waals surface area contributed by atoms with Crippen molar-refractivity contribution in [1.29, 1.82) is 0 Å². The minimum absolute atomic E-state index is 0.149. The SMILES string of the molecule is CC(=O)c1c(C)[nH]c(C(=O)[C@@H](C)OC(=O)C(C)(C)Oc2ccc(F)cc2)c1C. The van der Waals surface area contributed by atoms with Crippen LogP contribution in [0.1, 0.15) is 59.8 Å². The fraction of sp³-hybridized carbons (Fsp3) is 0.381. The van der Waals surface area contributed by atoms with E-state index in [-0.39, 0.29) is 11.5 Å². The molecule has 0 saturated heterocycles. The maximum atomic E-state index is 13.0. The number of hydrogen-bond donors (Lipinski definition) is 1. The Bertz CT molecular complexity index is 912. The number of carbonyl (C=O) groups is 3. The van der Waals surface area contributed by atoms with Crippen molar-refractivity contribution in [3.63, 3.8) is 0 Å². The summed E-state index contributed by atoms with van der Waals surface area (Å²) in [6.07, 6.45) is -1.08. The Kier molecular flexibility index (Phi) is 6.07. The highest BCUT2D eigenvalue weighted by Gasteiger charge is 2.35. The third-order valence-electron chi connectivity index (χ3n) is 4.37. The van der Waals surface area contributed by atoms with Gasteiger partial charge in [0.15, 0.2) is 17.5 Å². The third kappa shape index (κ3) is 4.47. The molecule has 6 nitrogen and oxygen atoms in total. The summed E-state index contributed by atoms with van der Waals surface area (Å²) < 4.78 is 23.9. The Morgan fingerprint density at radius 1 is 1.11 bits per heavy atom. The molecule has 0 saturated carbocycles. The van der Waals surface area contributed by atoms with E-state index in [0.29, 0.717) is 22.6 Å². The van der Waals surface area contributed by atoms with Crippen molar-refractivity contribution >= 4 is 17.5 Å². The van der Waals surface area contributed by atoms with Crippen LogP contribution in [-0.2, 0) is 9.53 Å². The topological polar surface area (TPSA) is 85.5 Å². The lowest BCUT2D eigenvalue weighted by molar-refractivity contribution is -0.162. The number of aryl methyl sites for hydroxylation is 1. The second kappa shape index (κ2) is 7.96. The molecular formula is C21H24FNO5. The van der Waals surface area contributed by atoms with E-state index < -0.39 is 29.3 Å². The van der Waals surface area contributed by atoms with E-state index in [1.807, 2.05) is 0 Å². The van der Waals surface area contributed by atoms with Crippen LogP contribution in [-0.4, -0.2) is 34.2 Å². The number of aromatic nitrogens is 1. The minimum atomic E-state index is -1.39. The molecule has 0 radical (unpaired) electrons. The lowest BCUT2D eigenvalue weighted by Crippen LogP contribution is -2.42. The maximum absolute atomic E-state index is 13.0. The average molecular weight is 389 g/mol. The fourth-order valence-corrected chi connectivity index (χ4v) is 2.92. The summed E-state index contributed by atoms with van der Waals surface area (Å²) in [6.45, 7) is 9.25. The first-order chi connectivity index (χ1) is 12.9. The standard InChI is InChI=1S/C21H24FNO5/c1-11-17(13(3)24)12(2)23-18(11)19(25)14(4)27-20(26)21(5,6)28-16-9-7-15(22)8-10-16/h7-10,14,23H,1-6H3/t14-/m1/s1. The van der Waals surface area contributed by atoms with Crippen LogP contribution in [0.5, 0.6) is 5.75 Å². The number of rotatable bonds is 7. The van der Waals surface area contributed by atoms with Crippen LogP contribution in [0.3, 0.4) is 0 Å². The van der Waals surface area contributed by atoms with E-state index in [1.54, 1.807) is 13.8 Å². The van der Waals surface area contributed by atoms with Gasteiger partial charge in [-0.05, 0) is 71.4 Å². The molecule has 1 N–H and O–H groups in total. The zero-order chi connectivity index (χ0) is 21.2. The molecule has 0 aliphatic rings. The fourth-order valence-electron chi connectivity index (χ4n) is 2.92. The van der Waals surface area contributed by atoms with Crippen molar-refractivity contribution in [1.82, 2.24) is 4.98 Å². The van der Waals surface area contributed by atoms with Crippen LogP contribution in [0.15, 0.2) is 24.3 Å². The van der Waals surface area contributed by atoms with E-state index in [4.69, 9.17) is 9.47 Å². The predicted molar refractivity (Wildman–Crippen MR) is 101 cm³/mol. The number of ketones is 2. The van der Waals surface area contributed by atoms with E-state index in [0.717, 1.165) is 0 Å². The molecule has 1 aromatic heterocycles. The number of ether oxygens (including phenoxy) is 2. The van der Waals surface area contributed by atoms with Gasteiger partial charge in [-0.1, -0.05) is 0 Å². The third-order valence-corrected chi connectivity index (χ3v) is 4.37. The summed E-state index contributed by atoms with van der Waals surface area (Å²) in [5.74, 6) is -1.47. The van der Waals surface area contributed by atoms with Crippen LogP contribution < -0.4 is 4.74 Å². The van der Waals surface area contributed by atoms with Gasteiger partial charge in [-0.15, -0.1) is 0 Å². The highest BCUT2D eigenvalue weighted by molar-refractivity contribution is 6.05. The number of benzene rings is 1. The molecule has 2 aromatic rings. The van der Waals surface area contributed by atoms with Crippen molar-refractivity contribution in [2.75, 3.05) is 0 Å². The lowest BCUT2D eigenvalue weighted by Gasteiger charge is -2.26. The highest BCUT2D eigenvalue weighted by Crippen LogP contribution is 2.23. The highest BCUT2D eigenvalue weighted by atomic mass is 19.1. The summed E-state index contributed by atoms with van der Waals surface area (Å²) in [5, 5.41) is 0. The van der Waals surface area contributed by atoms with Gasteiger partial charge in [0.25, 0.3) is 0 Å². The number of halogens is 1. The Balaban J connectivity index is 2.12. The summed E-state index contributed by atoms with van der Waals surface area (Å²) in [4.78, 5) is 39.9. The minimum Gasteiger partial charge on any atom is -0.476 e. The maximum Gasteiger partial charge on any atom is 0.350 e. The summed E-state index contributed by atoms with van der Waals surface area (Å²) in [5.41, 5.74) is 0.422. The van der Waals surface area contributed by atoms with Crippen LogP contribution in [0.25, 0.3) is 0 Å². The van der Waals surface area contributed by atoms with Crippen molar-refractivity contribution in [2.24, 2.45) is 0 Å². The van der Waals surface area contributed by atoms with E-state index in [1.165, 1.54) is 52.0 Å². The van der Waals surface area contributed by atoms with E-state index >= 15 is 0 Å². The monoisotopic (exact) mass is 389 g/mol. The number of esters is 1.